The van der Waals surface area contributed by atoms with E-state index in [1.54, 1.807) is 24.4 Å². The third-order valence-corrected chi connectivity index (χ3v) is 7.96. The van der Waals surface area contributed by atoms with Gasteiger partial charge in [0.15, 0.2) is 0 Å². The number of anilines is 1. The molecule has 0 unspecified atom stereocenters. The van der Waals surface area contributed by atoms with E-state index in [2.05, 4.69) is 10.0 Å². The van der Waals surface area contributed by atoms with Crippen LogP contribution in [0, 0.1) is 5.82 Å². The number of benzene rings is 1. The first-order valence-electron chi connectivity index (χ1n) is 8.82. The first kappa shape index (κ1) is 21.2. The monoisotopic (exact) mass is 445 g/mol. The Hall–Kier alpha value is -1.52. The quantitative estimate of drug-likeness (QED) is 0.715. The topological polar surface area (TPSA) is 78.5 Å². The van der Waals surface area contributed by atoms with Crippen LogP contribution in [-0.2, 0) is 14.8 Å². The van der Waals surface area contributed by atoms with Crippen LogP contribution < -0.4 is 10.0 Å². The van der Waals surface area contributed by atoms with Gasteiger partial charge in [-0.15, -0.1) is 11.3 Å². The molecule has 0 bridgehead atoms. The van der Waals surface area contributed by atoms with E-state index in [0.717, 1.165) is 6.07 Å². The molecular formula is C18H21ClFN3O3S2. The molecule has 1 aromatic carbocycles. The number of nitrogens with zero attached hydrogens (tertiary/aromatic N) is 1. The van der Waals surface area contributed by atoms with Crippen LogP contribution in [-0.4, -0.2) is 44.4 Å². The van der Waals surface area contributed by atoms with Crippen LogP contribution in [0.15, 0.2) is 39.9 Å². The molecule has 1 fully saturated rings. The molecule has 1 amide bonds. The molecule has 28 heavy (non-hydrogen) atoms. The number of likely N-dealkylation sites (tertiary alicyclic amines) is 1. The van der Waals surface area contributed by atoms with Crippen molar-refractivity contribution >= 4 is 44.6 Å². The zero-order valence-electron chi connectivity index (χ0n) is 15.2. The molecule has 2 aromatic rings. The molecule has 2 heterocycles. The fraction of sp³-hybridized carbons (Fsp3) is 0.389. The van der Waals surface area contributed by atoms with Gasteiger partial charge in [0.2, 0.25) is 15.9 Å². The van der Waals surface area contributed by atoms with Gasteiger partial charge in [-0.25, -0.2) is 17.5 Å². The van der Waals surface area contributed by atoms with E-state index >= 15 is 0 Å². The van der Waals surface area contributed by atoms with Crippen LogP contribution in [0.1, 0.15) is 19.8 Å². The largest absolute Gasteiger partial charge is 0.323 e. The standard InChI is InChI=1S/C18H21ClFN3O3S2/c1-12(18(24)21-16-5-4-13(20)11-15(16)19)23-8-6-14(7-9-23)22-28(25,26)17-3-2-10-27-17/h2-5,10-12,14,22H,6-9H2,1H3,(H,21,24)/t12-/m0/s1. The van der Waals surface area contributed by atoms with E-state index in [4.69, 9.17) is 11.6 Å². The fourth-order valence-corrected chi connectivity index (χ4v) is 5.62. The second kappa shape index (κ2) is 8.87. The average Bonchev–Trinajstić information content (AvgIpc) is 3.19. The molecule has 0 spiro atoms. The Morgan fingerprint density at radius 2 is 2.04 bits per heavy atom. The van der Waals surface area contributed by atoms with E-state index in [1.165, 1.54) is 23.5 Å². The Bertz CT molecular complexity index is 930. The lowest BCUT2D eigenvalue weighted by Gasteiger charge is -2.35. The number of thiophene rings is 1. The first-order chi connectivity index (χ1) is 13.3. The van der Waals surface area contributed by atoms with Gasteiger partial charge in [0.05, 0.1) is 16.8 Å². The number of sulfonamides is 1. The van der Waals surface area contributed by atoms with E-state index < -0.39 is 21.9 Å². The molecule has 1 atom stereocenters. The molecule has 1 aliphatic heterocycles. The fourth-order valence-electron chi connectivity index (χ4n) is 3.09. The molecule has 0 aliphatic carbocycles. The minimum absolute atomic E-state index is 0.141. The Morgan fingerprint density at radius 3 is 2.64 bits per heavy atom. The molecule has 1 aromatic heterocycles. The van der Waals surface area contributed by atoms with E-state index in [-0.39, 0.29) is 17.0 Å². The van der Waals surface area contributed by atoms with Crippen LogP contribution in [0.3, 0.4) is 0 Å². The first-order valence-corrected chi connectivity index (χ1v) is 11.6. The number of hydrogen-bond donors (Lipinski definition) is 2. The molecule has 152 valence electrons. The summed E-state index contributed by atoms with van der Waals surface area (Å²) < 4.78 is 40.8. The SMILES string of the molecule is C[C@@H](C(=O)Nc1ccc(F)cc1Cl)N1CCC(NS(=O)(=O)c2cccs2)CC1. The maximum atomic E-state index is 13.1. The Morgan fingerprint density at radius 1 is 1.32 bits per heavy atom. The minimum atomic E-state index is -3.49. The highest BCUT2D eigenvalue weighted by molar-refractivity contribution is 7.91. The molecule has 6 nitrogen and oxygen atoms in total. The lowest BCUT2D eigenvalue weighted by Crippen LogP contribution is -2.50. The van der Waals surface area contributed by atoms with Crippen molar-refractivity contribution in [3.05, 3.63) is 46.6 Å². The lowest BCUT2D eigenvalue weighted by molar-refractivity contribution is -0.121. The van der Waals surface area contributed by atoms with Gasteiger partial charge in [-0.1, -0.05) is 17.7 Å². The van der Waals surface area contributed by atoms with Gasteiger partial charge in [0.25, 0.3) is 0 Å². The van der Waals surface area contributed by atoms with Crippen molar-refractivity contribution in [2.45, 2.75) is 36.1 Å². The predicted molar refractivity (Wildman–Crippen MR) is 109 cm³/mol. The molecule has 0 radical (unpaired) electrons. The maximum Gasteiger partial charge on any atom is 0.250 e. The minimum Gasteiger partial charge on any atom is -0.323 e. The highest BCUT2D eigenvalue weighted by Crippen LogP contribution is 2.24. The zero-order valence-corrected chi connectivity index (χ0v) is 17.6. The van der Waals surface area contributed by atoms with Gasteiger partial charge in [-0.3, -0.25) is 9.69 Å². The summed E-state index contributed by atoms with van der Waals surface area (Å²) in [7, 11) is -3.49. The lowest BCUT2D eigenvalue weighted by atomic mass is 10.0. The highest BCUT2D eigenvalue weighted by atomic mass is 35.5. The Kier molecular flexibility index (Phi) is 6.72. The highest BCUT2D eigenvalue weighted by Gasteiger charge is 2.29. The molecule has 10 heteroatoms. The third kappa shape index (κ3) is 5.09. The van der Waals surface area contributed by atoms with Gasteiger partial charge in [-0.05, 0) is 49.4 Å². The van der Waals surface area contributed by atoms with E-state index in [0.29, 0.717) is 35.8 Å². The zero-order chi connectivity index (χ0) is 20.3. The number of piperidine rings is 1. The number of hydrogen-bond acceptors (Lipinski definition) is 5. The molecule has 0 saturated carbocycles. The van der Waals surface area contributed by atoms with Gasteiger partial charge < -0.3 is 5.32 Å². The molecule has 3 rings (SSSR count). The van der Waals surface area contributed by atoms with Crippen molar-refractivity contribution in [2.75, 3.05) is 18.4 Å². The van der Waals surface area contributed by atoms with Crippen LogP contribution in [0.25, 0.3) is 0 Å². The van der Waals surface area contributed by atoms with Gasteiger partial charge in [0.1, 0.15) is 10.0 Å². The van der Waals surface area contributed by atoms with Crippen molar-refractivity contribution in [2.24, 2.45) is 0 Å². The van der Waals surface area contributed by atoms with Gasteiger partial charge in [0, 0.05) is 19.1 Å². The number of carbonyl (C=O) groups is 1. The van der Waals surface area contributed by atoms with Crippen molar-refractivity contribution < 1.29 is 17.6 Å². The van der Waals surface area contributed by atoms with Crippen LogP contribution in [0.4, 0.5) is 10.1 Å². The van der Waals surface area contributed by atoms with Crippen molar-refractivity contribution in [1.29, 1.82) is 0 Å². The maximum absolute atomic E-state index is 13.1. The summed E-state index contributed by atoms with van der Waals surface area (Å²) >= 11 is 7.14. The van der Waals surface area contributed by atoms with Crippen molar-refractivity contribution in [1.82, 2.24) is 9.62 Å². The van der Waals surface area contributed by atoms with Crippen LogP contribution >= 0.6 is 22.9 Å². The third-order valence-electron chi connectivity index (χ3n) is 4.73. The second-order valence-corrected chi connectivity index (χ2v) is 9.95. The van der Waals surface area contributed by atoms with E-state index in [1.807, 2.05) is 4.90 Å². The van der Waals surface area contributed by atoms with E-state index in [9.17, 15) is 17.6 Å². The summed E-state index contributed by atoms with van der Waals surface area (Å²) in [4.78, 5) is 14.5. The summed E-state index contributed by atoms with van der Waals surface area (Å²) in [6.07, 6.45) is 1.22. The number of amides is 1. The number of halogens is 2. The smallest absolute Gasteiger partial charge is 0.250 e. The summed E-state index contributed by atoms with van der Waals surface area (Å²) in [6, 6.07) is 6.50. The molecule has 1 aliphatic rings. The summed E-state index contributed by atoms with van der Waals surface area (Å²) in [6.45, 7) is 2.95. The van der Waals surface area contributed by atoms with Crippen LogP contribution in [0.5, 0.6) is 0 Å². The Balaban J connectivity index is 1.53. The predicted octanol–water partition coefficient (Wildman–Crippen LogP) is 3.31. The molecule has 1 saturated heterocycles. The number of carbonyl (C=O) groups excluding carboxylic acids is 1. The van der Waals surface area contributed by atoms with Crippen molar-refractivity contribution in [3.8, 4) is 0 Å². The summed E-state index contributed by atoms with van der Waals surface area (Å²) in [5.74, 6) is -0.714. The average molecular weight is 446 g/mol. The summed E-state index contributed by atoms with van der Waals surface area (Å²) in [5, 5.41) is 4.58. The summed E-state index contributed by atoms with van der Waals surface area (Å²) in [5.41, 5.74) is 0.360. The van der Waals surface area contributed by atoms with Gasteiger partial charge >= 0.3 is 0 Å². The van der Waals surface area contributed by atoms with Crippen LogP contribution in [0.2, 0.25) is 5.02 Å². The van der Waals surface area contributed by atoms with Crippen molar-refractivity contribution in [3.63, 3.8) is 0 Å². The molecule has 2 N–H and O–H groups in total. The molecular weight excluding hydrogens is 425 g/mol. The number of rotatable bonds is 6. The van der Waals surface area contributed by atoms with Gasteiger partial charge in [-0.2, -0.15) is 0 Å². The normalized spacial score (nSPS) is 17.4. The number of nitrogens with one attached hydrogen (secondary N) is 2. The Labute approximate surface area is 172 Å². The second-order valence-electron chi connectivity index (χ2n) is 6.65.